The SMILES string of the molecule is CCN1CCCCC1C(=O)N1CCCC1Cn1cccn1. The van der Waals surface area contributed by atoms with Crippen molar-refractivity contribution in [2.75, 3.05) is 19.6 Å². The third kappa shape index (κ3) is 3.12. The summed E-state index contributed by atoms with van der Waals surface area (Å²) >= 11 is 0. The molecule has 5 heteroatoms. The molecule has 2 atom stereocenters. The lowest BCUT2D eigenvalue weighted by Gasteiger charge is -2.37. The van der Waals surface area contributed by atoms with Gasteiger partial charge in [-0.05, 0) is 44.8 Å². The van der Waals surface area contributed by atoms with Gasteiger partial charge in [-0.25, -0.2) is 0 Å². The van der Waals surface area contributed by atoms with E-state index in [-0.39, 0.29) is 6.04 Å². The van der Waals surface area contributed by atoms with Crippen LogP contribution in [0.25, 0.3) is 0 Å². The first-order valence-corrected chi connectivity index (χ1v) is 8.31. The summed E-state index contributed by atoms with van der Waals surface area (Å²) in [5.74, 6) is 0.353. The van der Waals surface area contributed by atoms with E-state index in [0.717, 1.165) is 45.4 Å². The number of carbonyl (C=O) groups excluding carboxylic acids is 1. The van der Waals surface area contributed by atoms with Crippen LogP contribution in [0.1, 0.15) is 39.0 Å². The van der Waals surface area contributed by atoms with E-state index in [4.69, 9.17) is 0 Å². The quantitative estimate of drug-likeness (QED) is 0.848. The van der Waals surface area contributed by atoms with Crippen LogP contribution in [0, 0.1) is 0 Å². The van der Waals surface area contributed by atoms with Gasteiger partial charge < -0.3 is 4.90 Å². The Morgan fingerprint density at radius 2 is 2.14 bits per heavy atom. The van der Waals surface area contributed by atoms with Crippen molar-refractivity contribution in [1.29, 1.82) is 0 Å². The number of piperidine rings is 1. The van der Waals surface area contributed by atoms with Gasteiger partial charge in [0.2, 0.25) is 5.91 Å². The summed E-state index contributed by atoms with van der Waals surface area (Å²) in [5.41, 5.74) is 0. The van der Waals surface area contributed by atoms with Crippen LogP contribution in [-0.4, -0.2) is 57.2 Å². The largest absolute Gasteiger partial charge is 0.336 e. The lowest BCUT2D eigenvalue weighted by molar-refractivity contribution is -0.139. The van der Waals surface area contributed by atoms with Crippen molar-refractivity contribution in [2.24, 2.45) is 0 Å². The van der Waals surface area contributed by atoms with E-state index in [1.54, 1.807) is 6.20 Å². The first-order chi connectivity index (χ1) is 10.3. The molecule has 21 heavy (non-hydrogen) atoms. The molecule has 0 bridgehead atoms. The van der Waals surface area contributed by atoms with E-state index in [1.807, 2.05) is 16.9 Å². The molecule has 2 aliphatic rings. The van der Waals surface area contributed by atoms with Crippen LogP contribution in [0.5, 0.6) is 0 Å². The van der Waals surface area contributed by atoms with E-state index >= 15 is 0 Å². The van der Waals surface area contributed by atoms with E-state index in [9.17, 15) is 4.79 Å². The molecule has 0 N–H and O–H groups in total. The van der Waals surface area contributed by atoms with E-state index in [1.165, 1.54) is 12.8 Å². The minimum absolute atomic E-state index is 0.113. The highest BCUT2D eigenvalue weighted by atomic mass is 16.2. The van der Waals surface area contributed by atoms with Crippen LogP contribution in [0.3, 0.4) is 0 Å². The molecule has 0 spiro atoms. The van der Waals surface area contributed by atoms with Gasteiger partial charge in [0.25, 0.3) is 0 Å². The van der Waals surface area contributed by atoms with Crippen molar-refractivity contribution >= 4 is 5.91 Å². The van der Waals surface area contributed by atoms with E-state index in [2.05, 4.69) is 21.8 Å². The van der Waals surface area contributed by atoms with Crippen molar-refractivity contribution < 1.29 is 4.79 Å². The Kier molecular flexibility index (Phi) is 4.58. The molecule has 0 saturated carbocycles. The number of likely N-dealkylation sites (tertiary alicyclic amines) is 2. The van der Waals surface area contributed by atoms with Crippen molar-refractivity contribution in [3.8, 4) is 0 Å². The van der Waals surface area contributed by atoms with Crippen LogP contribution in [0.15, 0.2) is 18.5 Å². The third-order valence-corrected chi connectivity index (χ3v) is 4.92. The predicted molar refractivity (Wildman–Crippen MR) is 81.8 cm³/mol. The number of rotatable bonds is 4. The number of likely N-dealkylation sites (N-methyl/N-ethyl adjacent to an activating group) is 1. The highest BCUT2D eigenvalue weighted by Crippen LogP contribution is 2.24. The number of hydrogen-bond acceptors (Lipinski definition) is 3. The molecule has 0 aromatic carbocycles. The van der Waals surface area contributed by atoms with Gasteiger partial charge in [0.15, 0.2) is 0 Å². The lowest BCUT2D eigenvalue weighted by Crippen LogP contribution is -2.52. The van der Waals surface area contributed by atoms with Gasteiger partial charge in [0.1, 0.15) is 0 Å². The molecule has 5 nitrogen and oxygen atoms in total. The Labute approximate surface area is 126 Å². The zero-order valence-corrected chi connectivity index (χ0v) is 12.9. The molecule has 1 aromatic rings. The molecule has 2 unspecified atom stereocenters. The Bertz CT molecular complexity index is 459. The van der Waals surface area contributed by atoms with Gasteiger partial charge >= 0.3 is 0 Å². The maximum atomic E-state index is 13.0. The molecule has 2 fully saturated rings. The highest BCUT2D eigenvalue weighted by Gasteiger charge is 2.36. The summed E-state index contributed by atoms with van der Waals surface area (Å²) in [6, 6.07) is 2.38. The average Bonchev–Trinajstić information content (AvgIpc) is 3.19. The fraction of sp³-hybridized carbons (Fsp3) is 0.750. The van der Waals surface area contributed by atoms with E-state index in [0.29, 0.717) is 11.9 Å². The average molecular weight is 290 g/mol. The first kappa shape index (κ1) is 14.6. The summed E-state index contributed by atoms with van der Waals surface area (Å²) in [4.78, 5) is 17.4. The number of nitrogens with zero attached hydrogens (tertiary/aromatic N) is 4. The maximum Gasteiger partial charge on any atom is 0.240 e. The smallest absolute Gasteiger partial charge is 0.240 e. The second-order valence-electron chi connectivity index (χ2n) is 6.20. The molecule has 0 radical (unpaired) electrons. The maximum absolute atomic E-state index is 13.0. The number of carbonyl (C=O) groups is 1. The van der Waals surface area contributed by atoms with E-state index < -0.39 is 0 Å². The molecule has 0 aliphatic carbocycles. The van der Waals surface area contributed by atoms with Gasteiger partial charge in [0, 0.05) is 18.9 Å². The number of amides is 1. The highest BCUT2D eigenvalue weighted by molar-refractivity contribution is 5.82. The molecular formula is C16H26N4O. The zero-order valence-electron chi connectivity index (χ0n) is 12.9. The third-order valence-electron chi connectivity index (χ3n) is 4.92. The van der Waals surface area contributed by atoms with Gasteiger partial charge in [-0.3, -0.25) is 14.4 Å². The van der Waals surface area contributed by atoms with Gasteiger partial charge in [-0.15, -0.1) is 0 Å². The van der Waals surface area contributed by atoms with Crippen LogP contribution >= 0.6 is 0 Å². The Morgan fingerprint density at radius 3 is 2.90 bits per heavy atom. The van der Waals surface area contributed by atoms with Crippen LogP contribution < -0.4 is 0 Å². The minimum atomic E-state index is 0.113. The summed E-state index contributed by atoms with van der Waals surface area (Å²) < 4.78 is 1.95. The second kappa shape index (κ2) is 6.60. The minimum Gasteiger partial charge on any atom is -0.336 e. The zero-order chi connectivity index (χ0) is 14.7. The normalized spacial score (nSPS) is 27.2. The summed E-state index contributed by atoms with van der Waals surface area (Å²) in [7, 11) is 0. The Hall–Kier alpha value is -1.36. The molecule has 1 amide bonds. The van der Waals surface area contributed by atoms with Crippen LogP contribution in [0.2, 0.25) is 0 Å². The monoisotopic (exact) mass is 290 g/mol. The molecule has 1 aromatic heterocycles. The fourth-order valence-electron chi connectivity index (χ4n) is 3.78. The standard InChI is InChI=1S/C16H26N4O/c1-2-18-10-4-3-8-15(18)16(21)20-12-5-7-14(20)13-19-11-6-9-17-19/h6,9,11,14-15H,2-5,7-8,10,12-13H2,1H3. The summed E-state index contributed by atoms with van der Waals surface area (Å²) in [6.07, 6.45) is 9.46. The molecule has 2 saturated heterocycles. The van der Waals surface area contributed by atoms with Gasteiger partial charge in [-0.2, -0.15) is 5.10 Å². The number of hydrogen-bond donors (Lipinski definition) is 0. The molecule has 116 valence electrons. The van der Waals surface area contributed by atoms with Crippen molar-refractivity contribution in [1.82, 2.24) is 19.6 Å². The number of aromatic nitrogens is 2. The van der Waals surface area contributed by atoms with Gasteiger partial charge in [0.05, 0.1) is 18.6 Å². The molecule has 2 aliphatic heterocycles. The van der Waals surface area contributed by atoms with Crippen LogP contribution in [-0.2, 0) is 11.3 Å². The topological polar surface area (TPSA) is 41.4 Å². The second-order valence-corrected chi connectivity index (χ2v) is 6.20. The first-order valence-electron chi connectivity index (χ1n) is 8.31. The molecular weight excluding hydrogens is 264 g/mol. The summed E-state index contributed by atoms with van der Waals surface area (Å²) in [6.45, 7) is 5.96. The molecule has 3 heterocycles. The fourth-order valence-corrected chi connectivity index (χ4v) is 3.78. The van der Waals surface area contributed by atoms with Gasteiger partial charge in [-0.1, -0.05) is 13.3 Å². The van der Waals surface area contributed by atoms with Crippen LogP contribution in [0.4, 0.5) is 0 Å². The Balaban J connectivity index is 1.67. The summed E-state index contributed by atoms with van der Waals surface area (Å²) in [5, 5.41) is 4.29. The Morgan fingerprint density at radius 1 is 1.24 bits per heavy atom. The lowest BCUT2D eigenvalue weighted by atomic mass is 10.0. The van der Waals surface area contributed by atoms with Crippen molar-refractivity contribution in [3.63, 3.8) is 0 Å². The van der Waals surface area contributed by atoms with Crippen molar-refractivity contribution in [2.45, 2.75) is 57.7 Å². The predicted octanol–water partition coefficient (Wildman–Crippen LogP) is 1.75. The van der Waals surface area contributed by atoms with Crippen molar-refractivity contribution in [3.05, 3.63) is 18.5 Å². The molecule has 3 rings (SSSR count).